The Labute approximate surface area is 176 Å². The number of amides is 3. The molecule has 0 aromatic heterocycles. The number of anilines is 3. The van der Waals surface area contributed by atoms with Crippen LogP contribution in [0.4, 0.5) is 21.9 Å². The Kier molecular flexibility index (Phi) is 6.61. The summed E-state index contributed by atoms with van der Waals surface area (Å²) in [6.07, 6.45) is 0.466. The van der Waals surface area contributed by atoms with Crippen molar-refractivity contribution >= 4 is 38.8 Å². The minimum Gasteiger partial charge on any atom is -0.374 e. The Bertz CT molecular complexity index is 1010. The van der Waals surface area contributed by atoms with Gasteiger partial charge in [0.15, 0.2) is 9.84 Å². The molecule has 2 aromatic carbocycles. The predicted molar refractivity (Wildman–Crippen MR) is 118 cm³/mol. The van der Waals surface area contributed by atoms with Crippen LogP contribution in [0.2, 0.25) is 0 Å². The van der Waals surface area contributed by atoms with Gasteiger partial charge in [-0.2, -0.15) is 0 Å². The summed E-state index contributed by atoms with van der Waals surface area (Å²) >= 11 is 0. The van der Waals surface area contributed by atoms with Gasteiger partial charge in [0.25, 0.3) is 0 Å². The number of sulfone groups is 1. The fourth-order valence-corrected chi connectivity index (χ4v) is 5.15. The van der Waals surface area contributed by atoms with Gasteiger partial charge in [-0.3, -0.25) is 4.79 Å². The van der Waals surface area contributed by atoms with E-state index in [-0.39, 0.29) is 29.5 Å². The van der Waals surface area contributed by atoms with Crippen LogP contribution in [0.5, 0.6) is 0 Å². The lowest BCUT2D eigenvalue weighted by atomic mass is 10.2. The van der Waals surface area contributed by atoms with E-state index in [0.29, 0.717) is 23.5 Å². The summed E-state index contributed by atoms with van der Waals surface area (Å²) in [5.41, 5.74) is 1.92. The van der Waals surface area contributed by atoms with Crippen LogP contribution in [0.1, 0.15) is 13.3 Å². The Morgan fingerprint density at radius 1 is 1.00 bits per heavy atom. The molecule has 1 fully saturated rings. The Balaban J connectivity index is 1.57. The number of para-hydroxylation sites is 1. The normalized spacial score (nSPS) is 18.3. The maximum atomic E-state index is 12.7. The molecule has 0 spiro atoms. The summed E-state index contributed by atoms with van der Waals surface area (Å²) in [5, 5.41) is 8.62. The van der Waals surface area contributed by atoms with Crippen LogP contribution in [0.15, 0.2) is 54.6 Å². The molecule has 9 heteroatoms. The molecule has 0 saturated carbocycles. The smallest absolute Gasteiger partial charge is 0.323 e. The molecule has 0 radical (unpaired) electrons. The SMILES string of the molecule is CC(Nc1cccc(NC(=O)Nc2ccccc2)c1)C(=O)N(C)C1CCS(=O)(=O)C1. The first kappa shape index (κ1) is 21.6. The molecule has 2 unspecified atom stereocenters. The number of hydrogen-bond acceptors (Lipinski definition) is 5. The molecule has 3 N–H and O–H groups in total. The number of carbonyl (C=O) groups excluding carboxylic acids is 2. The summed E-state index contributed by atoms with van der Waals surface area (Å²) in [4.78, 5) is 26.4. The summed E-state index contributed by atoms with van der Waals surface area (Å²) in [6.45, 7) is 1.73. The van der Waals surface area contributed by atoms with Crippen molar-refractivity contribution in [1.82, 2.24) is 4.90 Å². The predicted octanol–water partition coefficient (Wildman–Crippen LogP) is 2.78. The van der Waals surface area contributed by atoms with Crippen LogP contribution in [-0.2, 0) is 14.6 Å². The zero-order valence-electron chi connectivity index (χ0n) is 17.0. The first-order valence-electron chi connectivity index (χ1n) is 9.70. The summed E-state index contributed by atoms with van der Waals surface area (Å²) in [7, 11) is -1.42. The van der Waals surface area contributed by atoms with Gasteiger partial charge in [0.1, 0.15) is 6.04 Å². The van der Waals surface area contributed by atoms with Crippen molar-refractivity contribution < 1.29 is 18.0 Å². The van der Waals surface area contributed by atoms with Crippen molar-refractivity contribution in [1.29, 1.82) is 0 Å². The van der Waals surface area contributed by atoms with E-state index in [1.165, 1.54) is 4.90 Å². The summed E-state index contributed by atoms with van der Waals surface area (Å²) in [6, 6.07) is 14.9. The van der Waals surface area contributed by atoms with Crippen molar-refractivity contribution in [3.8, 4) is 0 Å². The van der Waals surface area contributed by atoms with E-state index < -0.39 is 15.9 Å². The highest BCUT2D eigenvalue weighted by Gasteiger charge is 2.34. The third-order valence-corrected chi connectivity index (χ3v) is 6.76. The second-order valence-electron chi connectivity index (χ2n) is 7.40. The fraction of sp³-hybridized carbons (Fsp3) is 0.333. The van der Waals surface area contributed by atoms with Crippen LogP contribution in [0.25, 0.3) is 0 Å². The molecule has 2 aromatic rings. The molecular weight excluding hydrogens is 404 g/mol. The van der Waals surface area contributed by atoms with E-state index in [0.717, 1.165) is 0 Å². The van der Waals surface area contributed by atoms with Crippen molar-refractivity contribution in [2.45, 2.75) is 25.4 Å². The van der Waals surface area contributed by atoms with E-state index in [4.69, 9.17) is 0 Å². The molecular formula is C21H26N4O4S. The highest BCUT2D eigenvalue weighted by Crippen LogP contribution is 2.20. The van der Waals surface area contributed by atoms with Crippen molar-refractivity contribution in [2.24, 2.45) is 0 Å². The van der Waals surface area contributed by atoms with Crippen molar-refractivity contribution in [3.05, 3.63) is 54.6 Å². The summed E-state index contributed by atoms with van der Waals surface area (Å²) < 4.78 is 23.4. The monoisotopic (exact) mass is 430 g/mol. The van der Waals surface area contributed by atoms with E-state index in [2.05, 4.69) is 16.0 Å². The van der Waals surface area contributed by atoms with Crippen LogP contribution in [0, 0.1) is 0 Å². The maximum Gasteiger partial charge on any atom is 0.323 e. The lowest BCUT2D eigenvalue weighted by molar-refractivity contribution is -0.132. The standard InChI is InChI=1S/C21H26N4O4S/c1-15(20(26)25(2)19-11-12-30(28,29)14-19)22-17-9-6-10-18(13-17)24-21(27)23-16-7-4-3-5-8-16/h3-10,13,15,19,22H,11-12,14H2,1-2H3,(H2,23,24,27). The second-order valence-corrected chi connectivity index (χ2v) is 9.63. The van der Waals surface area contributed by atoms with Gasteiger partial charge in [0.2, 0.25) is 5.91 Å². The Morgan fingerprint density at radius 3 is 2.30 bits per heavy atom. The zero-order valence-corrected chi connectivity index (χ0v) is 17.8. The van der Waals surface area contributed by atoms with Gasteiger partial charge < -0.3 is 20.9 Å². The zero-order chi connectivity index (χ0) is 21.7. The van der Waals surface area contributed by atoms with Gasteiger partial charge in [0, 0.05) is 30.2 Å². The Hall–Kier alpha value is -3.07. The van der Waals surface area contributed by atoms with Crippen molar-refractivity contribution in [3.63, 3.8) is 0 Å². The van der Waals surface area contributed by atoms with Gasteiger partial charge in [-0.25, -0.2) is 13.2 Å². The summed E-state index contributed by atoms with van der Waals surface area (Å²) in [5.74, 6) is -0.0504. The first-order chi connectivity index (χ1) is 14.2. The number of carbonyl (C=O) groups is 2. The van der Waals surface area contributed by atoms with Crippen LogP contribution < -0.4 is 16.0 Å². The van der Waals surface area contributed by atoms with Crippen molar-refractivity contribution in [2.75, 3.05) is 34.5 Å². The topological polar surface area (TPSA) is 108 Å². The molecule has 3 amide bonds. The fourth-order valence-electron chi connectivity index (χ4n) is 3.38. The van der Waals surface area contributed by atoms with Gasteiger partial charge in [-0.05, 0) is 43.7 Å². The molecule has 0 aliphatic carbocycles. The minimum atomic E-state index is -3.06. The minimum absolute atomic E-state index is 0.0118. The molecule has 3 rings (SSSR count). The number of nitrogens with zero attached hydrogens (tertiary/aromatic N) is 1. The number of urea groups is 1. The van der Waals surface area contributed by atoms with Crippen LogP contribution in [0.3, 0.4) is 0 Å². The Morgan fingerprint density at radius 2 is 1.63 bits per heavy atom. The molecule has 1 aliphatic rings. The molecule has 0 bridgehead atoms. The van der Waals surface area contributed by atoms with Gasteiger partial charge in [0.05, 0.1) is 11.5 Å². The molecule has 1 aliphatic heterocycles. The first-order valence-corrected chi connectivity index (χ1v) is 11.5. The molecule has 1 heterocycles. The molecule has 1 saturated heterocycles. The largest absolute Gasteiger partial charge is 0.374 e. The average molecular weight is 431 g/mol. The average Bonchev–Trinajstić information content (AvgIpc) is 3.07. The lowest BCUT2D eigenvalue weighted by Gasteiger charge is -2.27. The quantitative estimate of drug-likeness (QED) is 0.653. The van der Waals surface area contributed by atoms with Gasteiger partial charge in [-0.1, -0.05) is 24.3 Å². The van der Waals surface area contributed by atoms with Crippen LogP contribution in [-0.4, -0.2) is 55.9 Å². The maximum absolute atomic E-state index is 12.7. The van der Waals surface area contributed by atoms with Gasteiger partial charge in [-0.15, -0.1) is 0 Å². The molecule has 2 atom stereocenters. The molecule has 8 nitrogen and oxygen atoms in total. The van der Waals surface area contributed by atoms with Crippen LogP contribution >= 0.6 is 0 Å². The van der Waals surface area contributed by atoms with Gasteiger partial charge >= 0.3 is 6.03 Å². The number of nitrogens with one attached hydrogen (secondary N) is 3. The third-order valence-electron chi connectivity index (χ3n) is 5.01. The number of hydrogen-bond donors (Lipinski definition) is 3. The van der Waals surface area contributed by atoms with E-state index in [1.54, 1.807) is 50.4 Å². The third kappa shape index (κ3) is 5.73. The van der Waals surface area contributed by atoms with E-state index in [1.807, 2.05) is 18.2 Å². The lowest BCUT2D eigenvalue weighted by Crippen LogP contribution is -2.45. The number of benzene rings is 2. The second kappa shape index (κ2) is 9.17. The van der Waals surface area contributed by atoms with E-state index >= 15 is 0 Å². The highest BCUT2D eigenvalue weighted by atomic mass is 32.2. The highest BCUT2D eigenvalue weighted by molar-refractivity contribution is 7.91. The molecule has 160 valence electrons. The number of rotatable bonds is 6. The number of likely N-dealkylation sites (N-methyl/N-ethyl adjacent to an activating group) is 1. The van der Waals surface area contributed by atoms with E-state index in [9.17, 15) is 18.0 Å². The molecule has 30 heavy (non-hydrogen) atoms.